The van der Waals surface area contributed by atoms with Crippen molar-refractivity contribution in [2.75, 3.05) is 0 Å². The molecule has 0 unspecified atom stereocenters. The normalized spacial score (nSPS) is 17.9. The van der Waals surface area contributed by atoms with Gasteiger partial charge in [-0.25, -0.2) is 0 Å². The Bertz CT molecular complexity index is 644. The lowest BCUT2D eigenvalue weighted by molar-refractivity contribution is 0.371. The van der Waals surface area contributed by atoms with Crippen LogP contribution < -0.4 is 16.2 Å². The van der Waals surface area contributed by atoms with Crippen molar-refractivity contribution in [3.63, 3.8) is 0 Å². The number of hydrogen-bond acceptors (Lipinski definition) is 2. The second kappa shape index (κ2) is 4.15. The van der Waals surface area contributed by atoms with E-state index in [1.165, 1.54) is 2.95 Å². The highest BCUT2D eigenvalue weighted by molar-refractivity contribution is 14.1. The van der Waals surface area contributed by atoms with E-state index in [1.807, 2.05) is 28.9 Å². The van der Waals surface area contributed by atoms with E-state index in [0.29, 0.717) is 16.6 Å². The summed E-state index contributed by atoms with van der Waals surface area (Å²) in [6, 6.07) is 0. The van der Waals surface area contributed by atoms with E-state index in [2.05, 4.69) is 39.8 Å². The molecule has 0 bridgehead atoms. The van der Waals surface area contributed by atoms with Crippen LogP contribution in [0.1, 0.15) is 27.7 Å². The monoisotopic (exact) mass is 345 g/mol. The van der Waals surface area contributed by atoms with Gasteiger partial charge in [0.15, 0.2) is 5.42 Å². The Hall–Kier alpha value is -0.780. The van der Waals surface area contributed by atoms with E-state index < -0.39 is 0 Å². The molecular formula is C13H16INO2. The summed E-state index contributed by atoms with van der Waals surface area (Å²) in [5, 5.41) is 0.705. The molecule has 1 aromatic rings. The minimum absolute atomic E-state index is 0.0668. The van der Waals surface area contributed by atoms with E-state index in [0.717, 1.165) is 5.57 Å². The molecular weight excluding hydrogens is 329 g/mol. The van der Waals surface area contributed by atoms with Gasteiger partial charge in [-0.2, -0.15) is 0 Å². The molecule has 0 fully saturated rings. The maximum absolute atomic E-state index is 12.1. The Morgan fingerprint density at radius 2 is 2.06 bits per heavy atom. The van der Waals surface area contributed by atoms with Crippen LogP contribution in [0.3, 0.4) is 0 Å². The highest BCUT2D eigenvalue weighted by atomic mass is 127. The van der Waals surface area contributed by atoms with E-state index in [1.54, 1.807) is 0 Å². The number of allylic oxidation sites excluding steroid dienone is 2. The summed E-state index contributed by atoms with van der Waals surface area (Å²) >= 11 is 1.88. The van der Waals surface area contributed by atoms with Crippen molar-refractivity contribution in [1.82, 2.24) is 2.95 Å². The Morgan fingerprint density at radius 3 is 2.65 bits per heavy atom. The Kier molecular flexibility index (Phi) is 3.10. The fourth-order valence-electron chi connectivity index (χ4n) is 1.99. The van der Waals surface area contributed by atoms with Gasteiger partial charge in [0.1, 0.15) is 22.9 Å². The summed E-state index contributed by atoms with van der Waals surface area (Å²) in [4.78, 5) is 12.1. The predicted octanol–water partition coefficient (Wildman–Crippen LogP) is 1.82. The highest BCUT2D eigenvalue weighted by Crippen LogP contribution is 2.23. The average molecular weight is 345 g/mol. The third-order valence-electron chi connectivity index (χ3n) is 2.90. The molecule has 0 saturated heterocycles. The predicted molar refractivity (Wildman–Crippen MR) is 77.3 cm³/mol. The molecule has 1 aliphatic carbocycles. The largest absolute Gasteiger partial charge is 0.366 e. The lowest BCUT2D eigenvalue weighted by atomic mass is 9.92. The van der Waals surface area contributed by atoms with Crippen molar-refractivity contribution in [3.05, 3.63) is 33.1 Å². The van der Waals surface area contributed by atoms with E-state index in [9.17, 15) is 4.79 Å². The summed E-state index contributed by atoms with van der Waals surface area (Å²) in [6.07, 6.45) is 6.18. The molecule has 3 nitrogen and oxygen atoms in total. The van der Waals surface area contributed by atoms with Crippen molar-refractivity contribution < 1.29 is 4.52 Å². The minimum atomic E-state index is -0.0979. The molecule has 1 aromatic heterocycles. The Labute approximate surface area is 114 Å². The highest BCUT2D eigenvalue weighted by Gasteiger charge is 2.19. The van der Waals surface area contributed by atoms with Gasteiger partial charge in [-0.05, 0) is 17.6 Å². The first-order valence-electron chi connectivity index (χ1n) is 5.66. The first-order chi connectivity index (χ1) is 7.82. The SMILES string of the molecule is CC(C)C1=c2c(on(I)c2=O)=CC(C)(C)C=C1. The molecule has 1 aliphatic rings. The zero-order valence-corrected chi connectivity index (χ0v) is 12.6. The van der Waals surface area contributed by atoms with Gasteiger partial charge in [-0.15, -0.1) is 2.95 Å². The molecule has 0 aliphatic heterocycles. The fourth-order valence-corrected chi connectivity index (χ4v) is 2.44. The zero-order valence-electron chi connectivity index (χ0n) is 10.5. The van der Waals surface area contributed by atoms with Crippen LogP contribution in [0.2, 0.25) is 0 Å². The minimum Gasteiger partial charge on any atom is -0.366 e. The van der Waals surface area contributed by atoms with Crippen LogP contribution in [0, 0.1) is 11.3 Å². The molecule has 0 aromatic carbocycles. The molecule has 0 radical (unpaired) electrons. The summed E-state index contributed by atoms with van der Waals surface area (Å²) < 4.78 is 6.78. The number of rotatable bonds is 1. The van der Waals surface area contributed by atoms with Crippen molar-refractivity contribution in [3.8, 4) is 0 Å². The Morgan fingerprint density at radius 1 is 1.41 bits per heavy atom. The van der Waals surface area contributed by atoms with Crippen LogP contribution >= 0.6 is 22.9 Å². The van der Waals surface area contributed by atoms with E-state index in [4.69, 9.17) is 4.52 Å². The molecule has 1 heterocycles. The van der Waals surface area contributed by atoms with Gasteiger partial charge in [-0.3, -0.25) is 4.79 Å². The molecule has 0 N–H and O–H groups in total. The maximum Gasteiger partial charge on any atom is 0.299 e. The first-order valence-corrected chi connectivity index (χ1v) is 6.63. The van der Waals surface area contributed by atoms with Crippen LogP contribution in [0.15, 0.2) is 21.5 Å². The third kappa shape index (κ3) is 2.27. The zero-order chi connectivity index (χ0) is 12.8. The smallest absolute Gasteiger partial charge is 0.299 e. The van der Waals surface area contributed by atoms with E-state index >= 15 is 0 Å². The van der Waals surface area contributed by atoms with Gasteiger partial charge in [0.2, 0.25) is 0 Å². The number of fused-ring (bicyclic) bond motifs is 1. The molecule has 92 valence electrons. The number of hydrogen-bond donors (Lipinski definition) is 0. The topological polar surface area (TPSA) is 35.1 Å². The van der Waals surface area contributed by atoms with Crippen molar-refractivity contribution in [1.29, 1.82) is 0 Å². The molecule has 0 saturated carbocycles. The summed E-state index contributed by atoms with van der Waals surface area (Å²) in [5.74, 6) is 0.300. The van der Waals surface area contributed by atoms with E-state index in [-0.39, 0.29) is 11.0 Å². The molecule has 4 heteroatoms. The lowest BCUT2D eigenvalue weighted by Crippen LogP contribution is -2.36. The quantitative estimate of drug-likeness (QED) is 0.728. The number of halogens is 1. The Balaban J connectivity index is 2.98. The van der Waals surface area contributed by atoms with Gasteiger partial charge in [-0.1, -0.05) is 39.8 Å². The maximum atomic E-state index is 12.1. The number of nitrogens with zero attached hydrogens (tertiary/aromatic N) is 1. The van der Waals surface area contributed by atoms with Gasteiger partial charge in [0.25, 0.3) is 5.56 Å². The van der Waals surface area contributed by atoms with Crippen LogP contribution in [-0.4, -0.2) is 2.95 Å². The van der Waals surface area contributed by atoms with Gasteiger partial charge in [0, 0.05) is 5.41 Å². The third-order valence-corrected chi connectivity index (χ3v) is 3.54. The van der Waals surface area contributed by atoms with Crippen LogP contribution in [0.25, 0.3) is 11.6 Å². The van der Waals surface area contributed by atoms with Crippen LogP contribution in [0.4, 0.5) is 0 Å². The molecule has 0 atom stereocenters. The second-order valence-corrected chi connectivity index (χ2v) is 6.17. The summed E-state index contributed by atoms with van der Waals surface area (Å²) in [7, 11) is 0. The van der Waals surface area contributed by atoms with Gasteiger partial charge in [0.05, 0.1) is 5.22 Å². The number of aromatic nitrogens is 1. The van der Waals surface area contributed by atoms with Gasteiger partial charge >= 0.3 is 0 Å². The summed E-state index contributed by atoms with van der Waals surface area (Å²) in [6.45, 7) is 8.37. The molecule has 0 amide bonds. The van der Waals surface area contributed by atoms with Crippen molar-refractivity contribution in [2.24, 2.45) is 11.3 Å². The van der Waals surface area contributed by atoms with Gasteiger partial charge < -0.3 is 4.52 Å². The van der Waals surface area contributed by atoms with Crippen molar-refractivity contribution in [2.45, 2.75) is 27.7 Å². The fraction of sp³-hybridized carbons (Fsp3) is 0.462. The molecule has 17 heavy (non-hydrogen) atoms. The van der Waals surface area contributed by atoms with Crippen LogP contribution in [0.5, 0.6) is 0 Å². The van der Waals surface area contributed by atoms with Crippen molar-refractivity contribution >= 4 is 34.5 Å². The summed E-state index contributed by atoms with van der Waals surface area (Å²) in [5.41, 5.74) is 1.57. The molecule has 0 spiro atoms. The molecule has 2 rings (SSSR count). The second-order valence-electron chi connectivity index (χ2n) is 5.29. The van der Waals surface area contributed by atoms with Crippen LogP contribution in [-0.2, 0) is 0 Å². The average Bonchev–Trinajstić information content (AvgIpc) is 2.40. The lowest BCUT2D eigenvalue weighted by Gasteiger charge is -2.12. The first kappa shape index (κ1) is 12.7. The standard InChI is InChI=1S/C13H16INO2/c1-8(2)9-5-6-13(3,4)7-10-11(9)12(16)15(14)17-10/h5-8H,1-4H3.